The maximum absolute atomic E-state index is 12.4. The van der Waals surface area contributed by atoms with Crippen LogP contribution in [0.1, 0.15) is 22.6 Å². The number of hydrogen-bond donors (Lipinski definition) is 1. The van der Waals surface area contributed by atoms with Crippen LogP contribution in [0.2, 0.25) is 0 Å². The second-order valence-corrected chi connectivity index (χ2v) is 5.88. The fourth-order valence-corrected chi connectivity index (χ4v) is 4.01. The molecule has 2 aliphatic rings. The number of aromatic nitrogens is 4. The number of nitrogens with zero attached hydrogens (tertiary/aromatic N) is 4. The van der Waals surface area contributed by atoms with E-state index in [0.717, 1.165) is 29.4 Å². The molecule has 4 rings (SSSR count). The fourth-order valence-electron chi connectivity index (χ4n) is 2.68. The van der Waals surface area contributed by atoms with Gasteiger partial charge in [0.05, 0.1) is 11.3 Å². The molecule has 1 fully saturated rings. The van der Waals surface area contributed by atoms with Crippen molar-refractivity contribution in [2.24, 2.45) is 0 Å². The van der Waals surface area contributed by atoms with E-state index in [1.807, 2.05) is 30.0 Å². The molecule has 7 heteroatoms. The Balaban J connectivity index is 2.00. The molecule has 0 radical (unpaired) electrons. The number of carbonyl (C=O) groups is 1. The zero-order valence-corrected chi connectivity index (χ0v) is 10.9. The van der Waals surface area contributed by atoms with Crippen LogP contribution in [0.3, 0.4) is 0 Å². The number of carbonyl (C=O) groups excluding carboxylic acids is 1. The van der Waals surface area contributed by atoms with Crippen LogP contribution in [0, 0.1) is 0 Å². The molecule has 1 spiro atoms. The van der Waals surface area contributed by atoms with Crippen molar-refractivity contribution in [2.45, 2.75) is 12.0 Å². The summed E-state index contributed by atoms with van der Waals surface area (Å²) in [5.41, 5.74) is 0.920. The van der Waals surface area contributed by atoms with Gasteiger partial charge in [-0.2, -0.15) is 16.4 Å². The summed E-state index contributed by atoms with van der Waals surface area (Å²) in [5, 5.41) is 15.1. The van der Waals surface area contributed by atoms with Gasteiger partial charge in [-0.25, -0.2) is 0 Å². The predicted molar refractivity (Wildman–Crippen MR) is 70.2 cm³/mol. The van der Waals surface area contributed by atoms with E-state index in [-0.39, 0.29) is 5.91 Å². The lowest BCUT2D eigenvalue weighted by atomic mass is 9.98. The van der Waals surface area contributed by atoms with Gasteiger partial charge in [-0.05, 0) is 34.7 Å². The van der Waals surface area contributed by atoms with Gasteiger partial charge in [-0.15, -0.1) is 5.10 Å². The third kappa shape index (κ3) is 1.45. The largest absolute Gasteiger partial charge is 0.338 e. The number of tetrazole rings is 1. The summed E-state index contributed by atoms with van der Waals surface area (Å²) < 4.78 is 1.69. The second-order valence-electron chi connectivity index (χ2n) is 4.77. The Bertz CT molecular complexity index is 662. The van der Waals surface area contributed by atoms with E-state index in [1.54, 1.807) is 10.7 Å². The van der Waals surface area contributed by atoms with E-state index in [9.17, 15) is 4.79 Å². The minimum absolute atomic E-state index is 0.0644. The van der Waals surface area contributed by atoms with Crippen LogP contribution < -0.4 is 5.32 Å². The van der Waals surface area contributed by atoms with E-state index >= 15 is 0 Å². The molecule has 2 aliphatic heterocycles. The number of fused-ring (bicyclic) bond motifs is 4. The highest BCUT2D eigenvalue weighted by Gasteiger charge is 2.45. The summed E-state index contributed by atoms with van der Waals surface area (Å²) >= 11 is 1.81. The first-order valence-electron chi connectivity index (χ1n) is 6.09. The molecule has 0 bridgehead atoms. The molecule has 1 N–H and O–H groups in total. The number of para-hydroxylation sites is 1. The first-order chi connectivity index (χ1) is 9.30. The molecular formula is C12H11N5OS. The minimum atomic E-state index is -0.440. The number of benzene rings is 1. The first kappa shape index (κ1) is 11.0. The summed E-state index contributed by atoms with van der Waals surface area (Å²) in [7, 11) is 0. The molecular weight excluding hydrogens is 262 g/mol. The van der Waals surface area contributed by atoms with Crippen molar-refractivity contribution in [1.29, 1.82) is 0 Å². The van der Waals surface area contributed by atoms with Gasteiger partial charge in [0, 0.05) is 5.75 Å². The molecule has 3 heterocycles. The Morgan fingerprint density at radius 3 is 3.11 bits per heavy atom. The summed E-state index contributed by atoms with van der Waals surface area (Å²) in [6.07, 6.45) is 0.859. The Morgan fingerprint density at radius 2 is 2.26 bits per heavy atom. The van der Waals surface area contributed by atoms with Crippen LogP contribution >= 0.6 is 11.8 Å². The highest BCUT2D eigenvalue weighted by Crippen LogP contribution is 2.38. The van der Waals surface area contributed by atoms with Crippen molar-refractivity contribution in [3.8, 4) is 5.69 Å². The quantitative estimate of drug-likeness (QED) is 0.766. The molecule has 0 saturated carbocycles. The SMILES string of the molecule is O=C1N[C@]2(CCSC2)c2nnnn2-c2ccccc21. The number of amides is 1. The average molecular weight is 273 g/mol. The lowest BCUT2D eigenvalue weighted by Gasteiger charge is -2.25. The van der Waals surface area contributed by atoms with E-state index in [2.05, 4.69) is 20.8 Å². The highest BCUT2D eigenvalue weighted by atomic mass is 32.2. The van der Waals surface area contributed by atoms with Gasteiger partial charge < -0.3 is 5.32 Å². The van der Waals surface area contributed by atoms with Gasteiger partial charge >= 0.3 is 0 Å². The van der Waals surface area contributed by atoms with Gasteiger partial charge in [0.2, 0.25) is 0 Å². The molecule has 0 aliphatic carbocycles. The molecule has 1 saturated heterocycles. The molecule has 96 valence electrons. The number of nitrogens with one attached hydrogen (secondary N) is 1. The Kier molecular flexibility index (Phi) is 2.20. The Hall–Kier alpha value is -1.89. The van der Waals surface area contributed by atoms with Crippen molar-refractivity contribution in [2.75, 3.05) is 11.5 Å². The van der Waals surface area contributed by atoms with Crippen LogP contribution in [0.5, 0.6) is 0 Å². The van der Waals surface area contributed by atoms with Gasteiger partial charge in [0.25, 0.3) is 5.91 Å². The van der Waals surface area contributed by atoms with Crippen LogP contribution in [0.15, 0.2) is 24.3 Å². The minimum Gasteiger partial charge on any atom is -0.338 e. The highest BCUT2D eigenvalue weighted by molar-refractivity contribution is 7.99. The number of thioether (sulfide) groups is 1. The molecule has 0 unspecified atom stereocenters. The second kappa shape index (κ2) is 3.80. The maximum atomic E-state index is 12.4. The van der Waals surface area contributed by atoms with Crippen LogP contribution in [0.25, 0.3) is 5.69 Å². The number of hydrogen-bond acceptors (Lipinski definition) is 5. The van der Waals surface area contributed by atoms with Crippen LogP contribution in [0.4, 0.5) is 0 Å². The number of rotatable bonds is 0. The third-order valence-electron chi connectivity index (χ3n) is 3.65. The molecule has 2 aromatic rings. The lowest BCUT2D eigenvalue weighted by Crippen LogP contribution is -2.46. The third-order valence-corrected chi connectivity index (χ3v) is 4.84. The average Bonchev–Trinajstić information content (AvgIpc) is 3.05. The van der Waals surface area contributed by atoms with E-state index in [4.69, 9.17) is 0 Å². The maximum Gasteiger partial charge on any atom is 0.254 e. The normalized spacial score (nSPS) is 24.7. The molecule has 1 aromatic carbocycles. The predicted octanol–water partition coefficient (Wildman–Crippen LogP) is 0.738. The summed E-state index contributed by atoms with van der Waals surface area (Å²) in [4.78, 5) is 12.4. The molecule has 6 nitrogen and oxygen atoms in total. The van der Waals surface area contributed by atoms with Gasteiger partial charge in [-0.1, -0.05) is 12.1 Å². The molecule has 1 atom stereocenters. The summed E-state index contributed by atoms with van der Waals surface area (Å²) in [5.74, 6) is 2.48. The zero-order chi connectivity index (χ0) is 12.9. The topological polar surface area (TPSA) is 72.7 Å². The summed E-state index contributed by atoms with van der Waals surface area (Å²) in [6, 6.07) is 7.41. The molecule has 1 amide bonds. The summed E-state index contributed by atoms with van der Waals surface area (Å²) in [6.45, 7) is 0. The zero-order valence-electron chi connectivity index (χ0n) is 10.0. The van der Waals surface area contributed by atoms with E-state index in [1.165, 1.54) is 0 Å². The van der Waals surface area contributed by atoms with Crippen molar-refractivity contribution >= 4 is 17.7 Å². The lowest BCUT2D eigenvalue weighted by molar-refractivity contribution is 0.0907. The van der Waals surface area contributed by atoms with E-state index < -0.39 is 5.54 Å². The van der Waals surface area contributed by atoms with E-state index in [0.29, 0.717) is 5.56 Å². The van der Waals surface area contributed by atoms with Crippen molar-refractivity contribution in [1.82, 2.24) is 25.5 Å². The van der Waals surface area contributed by atoms with Crippen molar-refractivity contribution < 1.29 is 4.79 Å². The standard InChI is InChI=1S/C12H11N5OS/c18-10-8-3-1-2-4-9(8)17-11(14-15-16-17)12(13-10)5-6-19-7-12/h1-4H,5-7H2,(H,13,18)/t12-/m0/s1. The van der Waals surface area contributed by atoms with Gasteiger partial charge in [0.1, 0.15) is 5.54 Å². The first-order valence-corrected chi connectivity index (χ1v) is 7.24. The molecule has 1 aromatic heterocycles. The fraction of sp³-hybridized carbons (Fsp3) is 0.333. The van der Waals surface area contributed by atoms with Gasteiger partial charge in [0.15, 0.2) is 5.82 Å². The Morgan fingerprint density at radius 1 is 1.37 bits per heavy atom. The Labute approximate surface area is 113 Å². The van der Waals surface area contributed by atoms with Crippen LogP contribution in [-0.4, -0.2) is 37.6 Å². The monoisotopic (exact) mass is 273 g/mol. The smallest absolute Gasteiger partial charge is 0.254 e. The van der Waals surface area contributed by atoms with Crippen LogP contribution in [-0.2, 0) is 5.54 Å². The van der Waals surface area contributed by atoms with Crippen molar-refractivity contribution in [3.63, 3.8) is 0 Å². The van der Waals surface area contributed by atoms with Crippen molar-refractivity contribution in [3.05, 3.63) is 35.7 Å². The molecule has 19 heavy (non-hydrogen) atoms. The van der Waals surface area contributed by atoms with Gasteiger partial charge in [-0.3, -0.25) is 4.79 Å².